The van der Waals surface area contributed by atoms with Gasteiger partial charge in [-0.3, -0.25) is 0 Å². The number of anilines is 1. The molecule has 18 heavy (non-hydrogen) atoms. The van der Waals surface area contributed by atoms with Crippen molar-refractivity contribution in [3.05, 3.63) is 30.2 Å². The third-order valence-corrected chi connectivity index (χ3v) is 2.33. The Balaban J connectivity index is 1.89. The zero-order valence-corrected chi connectivity index (χ0v) is 10.1. The molecule has 0 unspecified atom stereocenters. The van der Waals surface area contributed by atoms with E-state index in [-0.39, 0.29) is 6.61 Å². The first-order valence-corrected chi connectivity index (χ1v) is 5.55. The first-order chi connectivity index (χ1) is 8.81. The summed E-state index contributed by atoms with van der Waals surface area (Å²) >= 11 is 0. The van der Waals surface area contributed by atoms with Gasteiger partial charge in [-0.05, 0) is 6.07 Å². The van der Waals surface area contributed by atoms with Gasteiger partial charge in [0.1, 0.15) is 5.69 Å². The van der Waals surface area contributed by atoms with E-state index in [9.17, 15) is 0 Å². The summed E-state index contributed by atoms with van der Waals surface area (Å²) in [6.07, 6.45) is 3.48. The molecule has 0 saturated carbocycles. The van der Waals surface area contributed by atoms with Gasteiger partial charge in [-0.1, -0.05) is 5.21 Å². The smallest absolute Gasteiger partial charge is 0.213 e. The first-order valence-electron chi connectivity index (χ1n) is 5.55. The zero-order valence-electron chi connectivity index (χ0n) is 10.1. The summed E-state index contributed by atoms with van der Waals surface area (Å²) < 4.78 is 6.57. The van der Waals surface area contributed by atoms with Gasteiger partial charge in [0, 0.05) is 6.07 Å². The van der Waals surface area contributed by atoms with Crippen molar-refractivity contribution in [1.82, 2.24) is 20.0 Å². The average molecular weight is 249 g/mol. The number of rotatable bonds is 6. The maximum Gasteiger partial charge on any atom is 0.213 e. The van der Waals surface area contributed by atoms with Crippen LogP contribution in [0.15, 0.2) is 24.5 Å². The predicted octanol–water partition coefficient (Wildman–Crippen LogP) is 0.286. The van der Waals surface area contributed by atoms with Crippen molar-refractivity contribution in [3.63, 3.8) is 0 Å². The molecule has 0 amide bonds. The Bertz CT molecular complexity index is 482. The predicted molar refractivity (Wildman–Crippen MR) is 65.2 cm³/mol. The Kier molecular flexibility index (Phi) is 4.08. The Morgan fingerprint density at radius 3 is 3.00 bits per heavy atom. The van der Waals surface area contributed by atoms with Gasteiger partial charge in [0.05, 0.1) is 44.9 Å². The zero-order chi connectivity index (χ0) is 12.8. The Hall–Kier alpha value is -2.15. The van der Waals surface area contributed by atoms with Crippen molar-refractivity contribution in [1.29, 1.82) is 0 Å². The van der Waals surface area contributed by atoms with Crippen LogP contribution in [0.2, 0.25) is 0 Å². The molecule has 0 atom stereocenters. The lowest BCUT2D eigenvalue weighted by molar-refractivity contribution is 0.268. The quantitative estimate of drug-likeness (QED) is 0.765. The average Bonchev–Trinajstić information content (AvgIpc) is 2.85. The molecular weight excluding hydrogens is 234 g/mol. The van der Waals surface area contributed by atoms with E-state index in [2.05, 4.69) is 20.6 Å². The highest BCUT2D eigenvalue weighted by Crippen LogP contribution is 2.11. The summed E-state index contributed by atoms with van der Waals surface area (Å²) in [5, 5.41) is 19.8. The molecule has 0 aliphatic carbocycles. The van der Waals surface area contributed by atoms with Gasteiger partial charge in [-0.2, -0.15) is 0 Å². The molecule has 2 heterocycles. The van der Waals surface area contributed by atoms with Gasteiger partial charge < -0.3 is 15.2 Å². The molecule has 0 fully saturated rings. The normalized spacial score (nSPS) is 10.3. The number of pyridine rings is 1. The van der Waals surface area contributed by atoms with E-state index in [1.165, 1.54) is 0 Å². The second-order valence-corrected chi connectivity index (χ2v) is 3.64. The number of hydrogen-bond donors (Lipinski definition) is 2. The van der Waals surface area contributed by atoms with Crippen molar-refractivity contribution in [2.45, 2.75) is 13.1 Å². The number of aliphatic hydroxyl groups excluding tert-OH is 1. The van der Waals surface area contributed by atoms with Crippen LogP contribution in [0.1, 0.15) is 5.69 Å². The number of ether oxygens (including phenoxy) is 1. The largest absolute Gasteiger partial charge is 0.481 e. The minimum atomic E-state index is 0.0542. The minimum absolute atomic E-state index is 0.0542. The van der Waals surface area contributed by atoms with Crippen LogP contribution in [-0.4, -0.2) is 38.8 Å². The fourth-order valence-electron chi connectivity index (χ4n) is 1.43. The van der Waals surface area contributed by atoms with E-state index in [0.29, 0.717) is 19.0 Å². The van der Waals surface area contributed by atoms with E-state index in [1.807, 2.05) is 6.07 Å². The standard InChI is InChI=1S/C11H15N5O2/c1-18-11-3-2-9(6-13-11)12-7-10-8-16(4-5-17)15-14-10/h2-3,6,8,12,17H,4-5,7H2,1H3. The van der Waals surface area contributed by atoms with Crippen LogP contribution in [0.5, 0.6) is 5.88 Å². The van der Waals surface area contributed by atoms with E-state index in [4.69, 9.17) is 9.84 Å². The van der Waals surface area contributed by atoms with Crippen LogP contribution in [-0.2, 0) is 13.1 Å². The van der Waals surface area contributed by atoms with Crippen molar-refractivity contribution < 1.29 is 9.84 Å². The lowest BCUT2D eigenvalue weighted by atomic mass is 10.4. The van der Waals surface area contributed by atoms with Gasteiger partial charge in [-0.15, -0.1) is 5.10 Å². The molecule has 96 valence electrons. The summed E-state index contributed by atoms with van der Waals surface area (Å²) in [5.41, 5.74) is 1.69. The molecule has 0 spiro atoms. The van der Waals surface area contributed by atoms with Crippen LogP contribution >= 0.6 is 0 Å². The van der Waals surface area contributed by atoms with E-state index < -0.39 is 0 Å². The van der Waals surface area contributed by atoms with Crippen LogP contribution in [0.3, 0.4) is 0 Å². The van der Waals surface area contributed by atoms with Gasteiger partial charge in [0.15, 0.2) is 0 Å². The van der Waals surface area contributed by atoms with Crippen LogP contribution in [0.4, 0.5) is 5.69 Å². The highest BCUT2D eigenvalue weighted by molar-refractivity contribution is 5.42. The fraction of sp³-hybridized carbons (Fsp3) is 0.364. The lowest BCUT2D eigenvalue weighted by Gasteiger charge is -2.04. The summed E-state index contributed by atoms with van der Waals surface area (Å²) in [4.78, 5) is 4.09. The van der Waals surface area contributed by atoms with E-state index in [1.54, 1.807) is 30.3 Å². The van der Waals surface area contributed by atoms with Crippen molar-refractivity contribution in [3.8, 4) is 5.88 Å². The molecule has 0 bridgehead atoms. The van der Waals surface area contributed by atoms with E-state index >= 15 is 0 Å². The van der Waals surface area contributed by atoms with Gasteiger partial charge >= 0.3 is 0 Å². The van der Waals surface area contributed by atoms with Crippen LogP contribution in [0, 0.1) is 0 Å². The highest BCUT2D eigenvalue weighted by Gasteiger charge is 2.01. The molecule has 0 aliphatic heterocycles. The Morgan fingerprint density at radius 2 is 2.33 bits per heavy atom. The SMILES string of the molecule is COc1ccc(NCc2cn(CCO)nn2)cn1. The molecule has 7 heteroatoms. The molecule has 2 rings (SSSR count). The topological polar surface area (TPSA) is 85.1 Å². The maximum atomic E-state index is 8.76. The number of nitrogens with one attached hydrogen (secondary N) is 1. The highest BCUT2D eigenvalue weighted by atomic mass is 16.5. The third kappa shape index (κ3) is 3.17. The molecule has 0 aromatic carbocycles. The maximum absolute atomic E-state index is 8.76. The van der Waals surface area contributed by atoms with E-state index in [0.717, 1.165) is 11.4 Å². The minimum Gasteiger partial charge on any atom is -0.481 e. The number of methoxy groups -OCH3 is 1. The van der Waals surface area contributed by atoms with Crippen LogP contribution in [0.25, 0.3) is 0 Å². The molecular formula is C11H15N5O2. The van der Waals surface area contributed by atoms with Gasteiger partial charge in [0.2, 0.25) is 5.88 Å². The Morgan fingerprint density at radius 1 is 1.44 bits per heavy atom. The van der Waals surface area contributed by atoms with Gasteiger partial charge in [0.25, 0.3) is 0 Å². The molecule has 2 N–H and O–H groups in total. The first kappa shape index (κ1) is 12.3. The third-order valence-electron chi connectivity index (χ3n) is 2.33. The molecule has 0 radical (unpaired) electrons. The van der Waals surface area contributed by atoms with Crippen molar-refractivity contribution >= 4 is 5.69 Å². The Labute approximate surface area is 104 Å². The fourth-order valence-corrected chi connectivity index (χ4v) is 1.43. The monoisotopic (exact) mass is 249 g/mol. The van der Waals surface area contributed by atoms with Crippen LogP contribution < -0.4 is 10.1 Å². The molecule has 2 aromatic heterocycles. The second-order valence-electron chi connectivity index (χ2n) is 3.64. The second kappa shape index (κ2) is 5.97. The molecule has 0 saturated heterocycles. The summed E-state index contributed by atoms with van der Waals surface area (Å²) in [6, 6.07) is 3.66. The summed E-state index contributed by atoms with van der Waals surface area (Å²) in [7, 11) is 1.58. The molecule has 2 aromatic rings. The van der Waals surface area contributed by atoms with Crippen molar-refractivity contribution in [2.24, 2.45) is 0 Å². The van der Waals surface area contributed by atoms with Crippen molar-refractivity contribution in [2.75, 3.05) is 19.0 Å². The summed E-state index contributed by atoms with van der Waals surface area (Å²) in [5.74, 6) is 0.578. The number of aromatic nitrogens is 4. The number of aliphatic hydroxyl groups is 1. The lowest BCUT2D eigenvalue weighted by Crippen LogP contribution is -2.02. The molecule has 0 aliphatic rings. The van der Waals surface area contributed by atoms with Gasteiger partial charge in [-0.25, -0.2) is 9.67 Å². The molecule has 7 nitrogen and oxygen atoms in total. The summed E-state index contributed by atoms with van der Waals surface area (Å²) in [6.45, 7) is 1.06. The number of hydrogen-bond acceptors (Lipinski definition) is 6. The number of nitrogens with zero attached hydrogens (tertiary/aromatic N) is 4.